The van der Waals surface area contributed by atoms with Gasteiger partial charge in [0.25, 0.3) is 0 Å². The van der Waals surface area contributed by atoms with Crippen LogP contribution in [0.25, 0.3) is 0 Å². The number of nitrogens with zero attached hydrogens (tertiary/aromatic N) is 3. The van der Waals surface area contributed by atoms with Crippen molar-refractivity contribution in [2.75, 3.05) is 24.6 Å². The fraction of sp³-hybridized carbons (Fsp3) is 0.636. The second kappa shape index (κ2) is 5.39. The molecule has 0 aromatic carbocycles. The molecule has 2 rings (SSSR count). The highest BCUT2D eigenvalue weighted by molar-refractivity contribution is 5.36. The van der Waals surface area contributed by atoms with E-state index in [0.29, 0.717) is 12.2 Å². The molecule has 0 saturated carbocycles. The molecule has 0 spiro atoms. The van der Waals surface area contributed by atoms with E-state index in [1.165, 1.54) is 0 Å². The van der Waals surface area contributed by atoms with E-state index < -0.39 is 0 Å². The quantitative estimate of drug-likeness (QED) is 0.744. The lowest BCUT2D eigenvalue weighted by atomic mass is 10.2. The van der Waals surface area contributed by atoms with E-state index in [-0.39, 0.29) is 25.4 Å². The highest BCUT2D eigenvalue weighted by Crippen LogP contribution is 2.17. The van der Waals surface area contributed by atoms with Gasteiger partial charge in [-0.2, -0.15) is 0 Å². The molecule has 1 aromatic rings. The van der Waals surface area contributed by atoms with Crippen LogP contribution in [0, 0.1) is 0 Å². The van der Waals surface area contributed by atoms with Crippen LogP contribution in [-0.2, 0) is 11.3 Å². The fourth-order valence-electron chi connectivity index (χ4n) is 1.93. The van der Waals surface area contributed by atoms with Gasteiger partial charge in [0.15, 0.2) is 0 Å². The van der Waals surface area contributed by atoms with Gasteiger partial charge in [0.05, 0.1) is 43.5 Å². The van der Waals surface area contributed by atoms with Crippen molar-refractivity contribution < 1.29 is 14.9 Å². The second-order valence-electron chi connectivity index (χ2n) is 4.18. The van der Waals surface area contributed by atoms with Gasteiger partial charge in [-0.15, -0.1) is 0 Å². The molecule has 0 bridgehead atoms. The Kier molecular flexibility index (Phi) is 3.88. The minimum Gasteiger partial charge on any atom is -0.394 e. The Morgan fingerprint density at radius 1 is 1.35 bits per heavy atom. The Balaban J connectivity index is 2.09. The molecule has 2 N–H and O–H groups in total. The fourth-order valence-corrected chi connectivity index (χ4v) is 1.93. The summed E-state index contributed by atoms with van der Waals surface area (Å²) in [5.74, 6) is 0.746. The number of rotatable bonds is 3. The van der Waals surface area contributed by atoms with E-state index in [2.05, 4.69) is 9.97 Å². The zero-order chi connectivity index (χ0) is 12.3. The van der Waals surface area contributed by atoms with Gasteiger partial charge in [0.2, 0.25) is 0 Å². The minimum atomic E-state index is -0.182. The molecule has 2 heterocycles. The lowest BCUT2D eigenvalue weighted by Crippen LogP contribution is -2.48. The third kappa shape index (κ3) is 2.91. The zero-order valence-corrected chi connectivity index (χ0v) is 9.78. The van der Waals surface area contributed by atoms with Gasteiger partial charge in [-0.25, -0.2) is 4.98 Å². The summed E-state index contributed by atoms with van der Waals surface area (Å²) in [6, 6.07) is 0. The first-order valence-electron chi connectivity index (χ1n) is 5.66. The predicted molar refractivity (Wildman–Crippen MR) is 61.6 cm³/mol. The van der Waals surface area contributed by atoms with Crippen molar-refractivity contribution in [3.63, 3.8) is 0 Å². The molecule has 94 valence electrons. The van der Waals surface area contributed by atoms with Gasteiger partial charge in [0.1, 0.15) is 5.82 Å². The van der Waals surface area contributed by atoms with E-state index >= 15 is 0 Å². The van der Waals surface area contributed by atoms with Crippen LogP contribution >= 0.6 is 0 Å². The lowest BCUT2D eigenvalue weighted by molar-refractivity contribution is -0.0423. The number of hydrogen-bond donors (Lipinski definition) is 2. The normalized spacial score (nSPS) is 25.0. The summed E-state index contributed by atoms with van der Waals surface area (Å²) in [7, 11) is 0. The van der Waals surface area contributed by atoms with E-state index in [1.54, 1.807) is 12.4 Å². The van der Waals surface area contributed by atoms with Crippen LogP contribution < -0.4 is 4.90 Å². The number of ether oxygens (including phenoxy) is 1. The van der Waals surface area contributed by atoms with Crippen molar-refractivity contribution in [1.29, 1.82) is 0 Å². The van der Waals surface area contributed by atoms with Crippen LogP contribution in [0.5, 0.6) is 0 Å². The molecule has 0 amide bonds. The third-order valence-electron chi connectivity index (χ3n) is 2.71. The molecular weight excluding hydrogens is 222 g/mol. The van der Waals surface area contributed by atoms with E-state index in [9.17, 15) is 0 Å². The van der Waals surface area contributed by atoms with Crippen LogP contribution in [0.3, 0.4) is 0 Å². The standard InChI is InChI=1S/C11H17N3O3/c1-8-4-14(5-10(7-16)17-8)11-3-12-9(6-15)2-13-11/h2-3,8,10,15-16H,4-7H2,1H3. The number of anilines is 1. The highest BCUT2D eigenvalue weighted by Gasteiger charge is 2.25. The Hall–Kier alpha value is -1.24. The van der Waals surface area contributed by atoms with Crippen molar-refractivity contribution in [2.45, 2.75) is 25.7 Å². The average molecular weight is 239 g/mol. The second-order valence-corrected chi connectivity index (χ2v) is 4.18. The molecule has 1 saturated heterocycles. The van der Waals surface area contributed by atoms with Gasteiger partial charge in [-0.3, -0.25) is 4.98 Å². The summed E-state index contributed by atoms with van der Waals surface area (Å²) < 4.78 is 5.55. The van der Waals surface area contributed by atoms with Gasteiger partial charge < -0.3 is 19.8 Å². The van der Waals surface area contributed by atoms with Gasteiger partial charge in [-0.1, -0.05) is 0 Å². The average Bonchev–Trinajstić information content (AvgIpc) is 2.38. The maximum atomic E-state index is 9.13. The molecular formula is C11H17N3O3. The van der Waals surface area contributed by atoms with Crippen LogP contribution in [-0.4, -0.2) is 52.1 Å². The van der Waals surface area contributed by atoms with Crippen molar-refractivity contribution in [3.05, 3.63) is 18.1 Å². The Bertz CT molecular complexity index is 357. The summed E-state index contributed by atoms with van der Waals surface area (Å²) >= 11 is 0. The monoisotopic (exact) mass is 239 g/mol. The molecule has 2 unspecified atom stereocenters. The Morgan fingerprint density at radius 2 is 2.18 bits per heavy atom. The van der Waals surface area contributed by atoms with E-state index in [0.717, 1.165) is 12.4 Å². The van der Waals surface area contributed by atoms with Crippen molar-refractivity contribution >= 4 is 5.82 Å². The number of aliphatic hydroxyl groups is 2. The first-order valence-corrected chi connectivity index (χ1v) is 5.66. The number of aromatic nitrogens is 2. The topological polar surface area (TPSA) is 78.7 Å². The molecule has 0 radical (unpaired) electrons. The largest absolute Gasteiger partial charge is 0.394 e. The molecule has 1 aromatic heterocycles. The van der Waals surface area contributed by atoms with Crippen LogP contribution in [0.15, 0.2) is 12.4 Å². The lowest BCUT2D eigenvalue weighted by Gasteiger charge is -2.36. The summed E-state index contributed by atoms with van der Waals surface area (Å²) in [6.07, 6.45) is 3.07. The number of aliphatic hydroxyl groups excluding tert-OH is 2. The minimum absolute atomic E-state index is 0.00297. The Labute approximate surface area is 99.9 Å². The molecule has 1 aliphatic heterocycles. The van der Waals surface area contributed by atoms with Crippen LogP contribution in [0.2, 0.25) is 0 Å². The van der Waals surface area contributed by atoms with E-state index in [4.69, 9.17) is 14.9 Å². The zero-order valence-electron chi connectivity index (χ0n) is 9.78. The molecule has 6 nitrogen and oxygen atoms in total. The van der Waals surface area contributed by atoms with E-state index in [1.807, 2.05) is 11.8 Å². The summed E-state index contributed by atoms with van der Waals surface area (Å²) in [6.45, 7) is 3.19. The summed E-state index contributed by atoms with van der Waals surface area (Å²) in [5.41, 5.74) is 0.550. The van der Waals surface area contributed by atoms with Gasteiger partial charge >= 0.3 is 0 Å². The predicted octanol–water partition coefficient (Wildman–Crippen LogP) is -0.445. The first-order chi connectivity index (χ1) is 8.22. The van der Waals surface area contributed by atoms with Gasteiger partial charge in [0, 0.05) is 13.1 Å². The van der Waals surface area contributed by atoms with Crippen molar-refractivity contribution in [3.8, 4) is 0 Å². The third-order valence-corrected chi connectivity index (χ3v) is 2.71. The van der Waals surface area contributed by atoms with Crippen LogP contribution in [0.4, 0.5) is 5.82 Å². The molecule has 0 aliphatic carbocycles. The number of morpholine rings is 1. The summed E-state index contributed by atoms with van der Waals surface area (Å²) in [5, 5.41) is 18.0. The SMILES string of the molecule is CC1CN(c2cnc(CO)cn2)CC(CO)O1. The number of hydrogen-bond acceptors (Lipinski definition) is 6. The summed E-state index contributed by atoms with van der Waals surface area (Å²) in [4.78, 5) is 10.4. The smallest absolute Gasteiger partial charge is 0.147 e. The van der Waals surface area contributed by atoms with Crippen LogP contribution in [0.1, 0.15) is 12.6 Å². The first kappa shape index (κ1) is 12.2. The highest BCUT2D eigenvalue weighted by atomic mass is 16.5. The Morgan fingerprint density at radius 3 is 2.76 bits per heavy atom. The molecule has 17 heavy (non-hydrogen) atoms. The maximum absolute atomic E-state index is 9.13. The van der Waals surface area contributed by atoms with Crippen molar-refractivity contribution in [2.24, 2.45) is 0 Å². The molecule has 6 heteroatoms. The molecule has 1 fully saturated rings. The maximum Gasteiger partial charge on any atom is 0.147 e. The molecule has 1 aliphatic rings. The van der Waals surface area contributed by atoms with Crippen molar-refractivity contribution in [1.82, 2.24) is 9.97 Å². The van der Waals surface area contributed by atoms with Gasteiger partial charge in [-0.05, 0) is 6.92 Å². The molecule has 2 atom stereocenters.